The van der Waals surface area contributed by atoms with Crippen LogP contribution >= 0.6 is 0 Å². The van der Waals surface area contributed by atoms with E-state index in [-0.39, 0.29) is 28.9 Å². The summed E-state index contributed by atoms with van der Waals surface area (Å²) in [5.74, 6) is 0.341. The van der Waals surface area contributed by atoms with Crippen molar-refractivity contribution < 1.29 is 9.90 Å². The minimum Gasteiger partial charge on any atom is -0.393 e. The number of aliphatic hydroxyl groups is 1. The Bertz CT molecular complexity index is 246. The molecule has 1 heterocycles. The number of fused-ring (bicyclic) bond motifs is 1. The second kappa shape index (κ2) is 2.27. The molecule has 3 nitrogen and oxygen atoms in total. The normalized spacial score (nSPS) is 47.5. The molecule has 2 aliphatic rings. The lowest BCUT2D eigenvalue weighted by molar-refractivity contribution is -0.171. The minimum atomic E-state index is -0.248. The van der Waals surface area contributed by atoms with E-state index >= 15 is 0 Å². The Morgan fingerprint density at radius 1 is 1.46 bits per heavy atom. The van der Waals surface area contributed by atoms with Gasteiger partial charge in [0.2, 0.25) is 5.91 Å². The van der Waals surface area contributed by atoms with Crippen LogP contribution in [0.2, 0.25) is 0 Å². The maximum Gasteiger partial charge on any atom is 0.220 e. The average Bonchev–Trinajstić information content (AvgIpc) is 1.77. The Balaban J connectivity index is 2.29. The molecule has 0 aromatic rings. The first-order chi connectivity index (χ1) is 5.85. The third kappa shape index (κ3) is 1.10. The summed E-state index contributed by atoms with van der Waals surface area (Å²) in [7, 11) is 0. The molecule has 0 unspecified atom stereocenters. The van der Waals surface area contributed by atoms with Crippen LogP contribution in [0.1, 0.15) is 33.6 Å². The first-order valence-electron chi connectivity index (χ1n) is 4.84. The number of aliphatic hydroxyl groups excluding tert-OH is 1. The van der Waals surface area contributed by atoms with Crippen molar-refractivity contribution in [2.75, 3.05) is 0 Å². The highest BCUT2D eigenvalue weighted by atomic mass is 16.3. The Morgan fingerprint density at radius 3 is 2.54 bits per heavy atom. The number of nitrogens with one attached hydrogen (secondary N) is 1. The Labute approximate surface area is 78.5 Å². The van der Waals surface area contributed by atoms with Gasteiger partial charge in [-0.25, -0.2) is 0 Å². The Morgan fingerprint density at radius 2 is 2.08 bits per heavy atom. The topological polar surface area (TPSA) is 49.3 Å². The molecular formula is C10H17NO2. The van der Waals surface area contributed by atoms with Crippen molar-refractivity contribution in [2.45, 2.75) is 45.3 Å². The Hall–Kier alpha value is -0.570. The summed E-state index contributed by atoms with van der Waals surface area (Å²) in [6.45, 7) is 6.09. The van der Waals surface area contributed by atoms with E-state index in [1.54, 1.807) is 0 Å². The molecule has 2 rings (SSSR count). The summed E-state index contributed by atoms with van der Waals surface area (Å²) in [5.41, 5.74) is -0.215. The van der Waals surface area contributed by atoms with Crippen LogP contribution in [0.4, 0.5) is 0 Å². The standard InChI is InChI=1S/C10H17NO2/c1-9(2)8-6(12)4-10(8,3)5-7(13)11-9/h6,8,12H,4-5H2,1-3H3,(H,11,13)/t6-,8-,10+/m1/s1. The maximum absolute atomic E-state index is 11.4. The van der Waals surface area contributed by atoms with E-state index in [0.29, 0.717) is 6.42 Å². The van der Waals surface area contributed by atoms with Crippen LogP contribution in [0, 0.1) is 11.3 Å². The maximum atomic E-state index is 11.4. The van der Waals surface area contributed by atoms with Gasteiger partial charge >= 0.3 is 0 Å². The molecule has 1 saturated heterocycles. The molecule has 0 bridgehead atoms. The molecule has 3 atom stereocenters. The van der Waals surface area contributed by atoms with Crippen LogP contribution < -0.4 is 5.32 Å². The third-order valence-corrected chi connectivity index (χ3v) is 3.61. The second-order valence-corrected chi connectivity index (χ2v) is 5.35. The zero-order chi connectivity index (χ0) is 9.85. The van der Waals surface area contributed by atoms with Crippen LogP contribution in [-0.2, 0) is 4.79 Å². The van der Waals surface area contributed by atoms with Crippen LogP contribution in [0.25, 0.3) is 0 Å². The molecule has 0 aromatic carbocycles. The Kier molecular flexibility index (Phi) is 1.57. The molecule has 1 aliphatic heterocycles. The first kappa shape index (κ1) is 9.00. The highest BCUT2D eigenvalue weighted by molar-refractivity contribution is 5.79. The fraction of sp³-hybridized carbons (Fsp3) is 0.900. The van der Waals surface area contributed by atoms with Gasteiger partial charge in [0.1, 0.15) is 0 Å². The highest BCUT2D eigenvalue weighted by Gasteiger charge is 2.60. The number of hydrogen-bond acceptors (Lipinski definition) is 2. The predicted molar refractivity (Wildman–Crippen MR) is 49.1 cm³/mol. The lowest BCUT2D eigenvalue weighted by Crippen LogP contribution is -2.69. The van der Waals surface area contributed by atoms with E-state index in [9.17, 15) is 9.90 Å². The lowest BCUT2D eigenvalue weighted by atomic mass is 9.50. The van der Waals surface area contributed by atoms with Crippen molar-refractivity contribution in [3.63, 3.8) is 0 Å². The smallest absolute Gasteiger partial charge is 0.220 e. The summed E-state index contributed by atoms with van der Waals surface area (Å²) in [5, 5.41) is 12.6. The van der Waals surface area contributed by atoms with Gasteiger partial charge in [-0.1, -0.05) is 6.92 Å². The van der Waals surface area contributed by atoms with Gasteiger partial charge in [-0.2, -0.15) is 0 Å². The predicted octanol–water partition coefficient (Wildman–Crippen LogP) is 0.672. The summed E-state index contributed by atoms with van der Waals surface area (Å²) >= 11 is 0. The molecule has 1 aliphatic carbocycles. The fourth-order valence-corrected chi connectivity index (χ4v) is 3.41. The molecule has 0 aromatic heterocycles. The highest BCUT2D eigenvalue weighted by Crippen LogP contribution is 2.55. The number of carbonyl (C=O) groups excluding carboxylic acids is 1. The van der Waals surface area contributed by atoms with E-state index in [1.165, 1.54) is 0 Å². The zero-order valence-corrected chi connectivity index (χ0v) is 8.42. The molecular weight excluding hydrogens is 166 g/mol. The van der Waals surface area contributed by atoms with Crippen LogP contribution in [0.15, 0.2) is 0 Å². The van der Waals surface area contributed by atoms with Crippen LogP contribution in [-0.4, -0.2) is 22.7 Å². The van der Waals surface area contributed by atoms with Crippen molar-refractivity contribution >= 4 is 5.91 Å². The first-order valence-corrected chi connectivity index (χ1v) is 4.84. The number of piperidine rings is 1. The van der Waals surface area contributed by atoms with Gasteiger partial charge < -0.3 is 10.4 Å². The number of amides is 1. The molecule has 3 heteroatoms. The van der Waals surface area contributed by atoms with Gasteiger partial charge in [0, 0.05) is 17.9 Å². The van der Waals surface area contributed by atoms with E-state index in [2.05, 4.69) is 12.2 Å². The summed E-state index contributed by atoms with van der Waals surface area (Å²) in [6.07, 6.45) is 1.10. The van der Waals surface area contributed by atoms with Crippen LogP contribution in [0.3, 0.4) is 0 Å². The molecule has 0 spiro atoms. The monoisotopic (exact) mass is 183 g/mol. The minimum absolute atomic E-state index is 0.0330. The quantitative estimate of drug-likeness (QED) is 0.580. The number of hydrogen-bond donors (Lipinski definition) is 2. The lowest BCUT2D eigenvalue weighted by Gasteiger charge is -2.60. The summed E-state index contributed by atoms with van der Waals surface area (Å²) in [6, 6.07) is 0. The van der Waals surface area contributed by atoms with Gasteiger partial charge in [0.05, 0.1) is 6.10 Å². The van der Waals surface area contributed by atoms with Gasteiger partial charge in [-0.15, -0.1) is 0 Å². The molecule has 0 radical (unpaired) electrons. The largest absolute Gasteiger partial charge is 0.393 e. The van der Waals surface area contributed by atoms with Crippen LogP contribution in [0.5, 0.6) is 0 Å². The second-order valence-electron chi connectivity index (χ2n) is 5.35. The van der Waals surface area contributed by atoms with Gasteiger partial charge in [0.25, 0.3) is 0 Å². The van der Waals surface area contributed by atoms with E-state index < -0.39 is 0 Å². The average molecular weight is 183 g/mol. The fourth-order valence-electron chi connectivity index (χ4n) is 3.41. The van der Waals surface area contributed by atoms with Gasteiger partial charge in [-0.3, -0.25) is 4.79 Å². The molecule has 1 saturated carbocycles. The van der Waals surface area contributed by atoms with Crippen molar-refractivity contribution in [2.24, 2.45) is 11.3 Å². The third-order valence-electron chi connectivity index (χ3n) is 3.61. The summed E-state index contributed by atoms with van der Waals surface area (Å²) < 4.78 is 0. The summed E-state index contributed by atoms with van der Waals surface area (Å²) in [4.78, 5) is 11.4. The number of rotatable bonds is 0. The van der Waals surface area contributed by atoms with Crippen molar-refractivity contribution in [3.8, 4) is 0 Å². The number of carbonyl (C=O) groups is 1. The van der Waals surface area contributed by atoms with Crippen molar-refractivity contribution in [3.05, 3.63) is 0 Å². The molecule has 1 amide bonds. The van der Waals surface area contributed by atoms with Gasteiger partial charge in [0.15, 0.2) is 0 Å². The SMILES string of the molecule is CC1(C)NC(=O)C[C@]2(C)C[C@@H](O)[C@H]12. The van der Waals surface area contributed by atoms with E-state index in [1.807, 2.05) is 13.8 Å². The van der Waals surface area contributed by atoms with Gasteiger partial charge in [-0.05, 0) is 25.7 Å². The molecule has 2 N–H and O–H groups in total. The molecule has 2 fully saturated rings. The van der Waals surface area contributed by atoms with E-state index in [4.69, 9.17) is 0 Å². The van der Waals surface area contributed by atoms with Crippen molar-refractivity contribution in [1.29, 1.82) is 0 Å². The molecule has 13 heavy (non-hydrogen) atoms. The molecule has 74 valence electrons. The van der Waals surface area contributed by atoms with E-state index in [0.717, 1.165) is 6.42 Å². The zero-order valence-electron chi connectivity index (χ0n) is 8.42. The van der Waals surface area contributed by atoms with Crippen molar-refractivity contribution in [1.82, 2.24) is 5.32 Å².